The van der Waals surface area contributed by atoms with Crippen molar-refractivity contribution in [3.05, 3.63) is 57.0 Å². The Kier molecular flexibility index (Phi) is 4.10. The maximum atomic E-state index is 13.0. The van der Waals surface area contributed by atoms with Crippen LogP contribution in [0.5, 0.6) is 5.75 Å². The van der Waals surface area contributed by atoms with Crippen molar-refractivity contribution in [2.24, 2.45) is 0 Å². The minimum Gasteiger partial charge on any atom is -0.497 e. The molecule has 5 heteroatoms. The van der Waals surface area contributed by atoms with E-state index in [1.807, 2.05) is 24.3 Å². The van der Waals surface area contributed by atoms with Crippen LogP contribution in [-0.2, 0) is 19.4 Å². The molecule has 0 radical (unpaired) electrons. The van der Waals surface area contributed by atoms with Gasteiger partial charge < -0.3 is 4.74 Å². The molecule has 0 aliphatic heterocycles. The molecule has 24 heavy (non-hydrogen) atoms. The molecule has 0 saturated heterocycles. The average Bonchev–Trinajstić information content (AvgIpc) is 2.80. The van der Waals surface area contributed by atoms with E-state index < -0.39 is 0 Å². The van der Waals surface area contributed by atoms with Crippen molar-refractivity contribution in [2.75, 3.05) is 7.11 Å². The Balaban J connectivity index is 1.78. The van der Waals surface area contributed by atoms with Crippen LogP contribution in [0, 0.1) is 0 Å². The van der Waals surface area contributed by atoms with Crippen molar-refractivity contribution in [3.8, 4) is 5.75 Å². The second kappa shape index (κ2) is 6.40. The highest BCUT2D eigenvalue weighted by Gasteiger charge is 2.19. The Hall–Kier alpha value is -2.14. The Bertz CT molecular complexity index is 942. The topological polar surface area (TPSA) is 44.1 Å². The maximum absolute atomic E-state index is 13.0. The standard InChI is InChI=1S/C19H20N2O2S/c1-23-14-7-5-6-13(10-14)11-21-12-20-18-17(19(21)22)15-8-3-2-4-9-16(15)24-18/h5-7,10,12H,2-4,8-9,11H2,1H3. The van der Waals surface area contributed by atoms with E-state index >= 15 is 0 Å². The minimum atomic E-state index is 0.0854. The number of hydrogen-bond acceptors (Lipinski definition) is 4. The predicted molar refractivity (Wildman–Crippen MR) is 97.2 cm³/mol. The van der Waals surface area contributed by atoms with Crippen LogP contribution in [0.2, 0.25) is 0 Å². The normalized spacial score (nSPS) is 14.4. The van der Waals surface area contributed by atoms with E-state index in [-0.39, 0.29) is 5.56 Å². The number of aromatic nitrogens is 2. The SMILES string of the molecule is COc1cccc(Cn2cnc3sc4c(c3c2=O)CCCCC4)c1. The summed E-state index contributed by atoms with van der Waals surface area (Å²) in [5, 5.41) is 0.849. The van der Waals surface area contributed by atoms with Crippen molar-refractivity contribution in [1.29, 1.82) is 0 Å². The second-order valence-corrected chi connectivity index (χ2v) is 7.36. The van der Waals surface area contributed by atoms with Gasteiger partial charge in [-0.2, -0.15) is 0 Å². The summed E-state index contributed by atoms with van der Waals surface area (Å²) in [7, 11) is 1.65. The summed E-state index contributed by atoms with van der Waals surface area (Å²) in [6.45, 7) is 0.517. The van der Waals surface area contributed by atoms with Crippen molar-refractivity contribution in [2.45, 2.75) is 38.6 Å². The first-order valence-electron chi connectivity index (χ1n) is 8.39. The molecular formula is C19H20N2O2S. The molecule has 1 aromatic carbocycles. The summed E-state index contributed by atoms with van der Waals surface area (Å²) in [6, 6.07) is 7.83. The molecule has 0 atom stereocenters. The molecule has 0 unspecified atom stereocenters. The summed E-state index contributed by atoms with van der Waals surface area (Å²) >= 11 is 1.70. The monoisotopic (exact) mass is 340 g/mol. The lowest BCUT2D eigenvalue weighted by Gasteiger charge is -2.08. The van der Waals surface area contributed by atoms with Crippen LogP contribution in [0.25, 0.3) is 10.2 Å². The molecule has 4 rings (SSSR count). The number of rotatable bonds is 3. The largest absolute Gasteiger partial charge is 0.497 e. The van der Waals surface area contributed by atoms with Gasteiger partial charge >= 0.3 is 0 Å². The van der Waals surface area contributed by atoms with Gasteiger partial charge in [0.05, 0.1) is 25.4 Å². The molecule has 0 bridgehead atoms. The molecular weight excluding hydrogens is 320 g/mol. The lowest BCUT2D eigenvalue weighted by atomic mass is 10.1. The summed E-state index contributed by atoms with van der Waals surface area (Å²) in [6.07, 6.45) is 7.42. The summed E-state index contributed by atoms with van der Waals surface area (Å²) < 4.78 is 6.98. The van der Waals surface area contributed by atoms with Gasteiger partial charge in [-0.15, -0.1) is 11.3 Å². The molecule has 0 N–H and O–H groups in total. The first-order valence-corrected chi connectivity index (χ1v) is 9.20. The van der Waals surface area contributed by atoms with E-state index in [0.29, 0.717) is 6.54 Å². The fourth-order valence-electron chi connectivity index (χ4n) is 3.44. The van der Waals surface area contributed by atoms with Gasteiger partial charge in [0.2, 0.25) is 0 Å². The van der Waals surface area contributed by atoms with Crippen LogP contribution in [0.1, 0.15) is 35.3 Å². The van der Waals surface area contributed by atoms with Crippen molar-refractivity contribution in [3.63, 3.8) is 0 Å². The van der Waals surface area contributed by atoms with E-state index in [1.54, 1.807) is 29.3 Å². The van der Waals surface area contributed by atoms with Gasteiger partial charge in [-0.25, -0.2) is 4.98 Å². The highest BCUT2D eigenvalue weighted by Crippen LogP contribution is 2.32. The van der Waals surface area contributed by atoms with Gasteiger partial charge in [-0.05, 0) is 48.9 Å². The number of aryl methyl sites for hydroxylation is 2. The number of thiophene rings is 1. The molecule has 4 nitrogen and oxygen atoms in total. The lowest BCUT2D eigenvalue weighted by molar-refractivity contribution is 0.414. The highest BCUT2D eigenvalue weighted by atomic mass is 32.1. The van der Waals surface area contributed by atoms with Crippen LogP contribution < -0.4 is 10.3 Å². The van der Waals surface area contributed by atoms with Crippen LogP contribution in [0.4, 0.5) is 0 Å². The molecule has 0 amide bonds. The van der Waals surface area contributed by atoms with Crippen LogP contribution >= 0.6 is 11.3 Å². The van der Waals surface area contributed by atoms with Crippen LogP contribution in [0.15, 0.2) is 35.4 Å². The van der Waals surface area contributed by atoms with E-state index in [4.69, 9.17) is 4.74 Å². The number of hydrogen-bond donors (Lipinski definition) is 0. The lowest BCUT2D eigenvalue weighted by Crippen LogP contribution is -2.21. The zero-order valence-corrected chi connectivity index (χ0v) is 14.6. The third kappa shape index (κ3) is 2.73. The van der Waals surface area contributed by atoms with E-state index in [9.17, 15) is 4.79 Å². The molecule has 0 fully saturated rings. The van der Waals surface area contributed by atoms with E-state index in [0.717, 1.165) is 34.4 Å². The zero-order valence-electron chi connectivity index (χ0n) is 13.7. The van der Waals surface area contributed by atoms with Crippen molar-refractivity contribution < 1.29 is 4.74 Å². The van der Waals surface area contributed by atoms with Gasteiger partial charge in [0.15, 0.2) is 0 Å². The summed E-state index contributed by atoms with van der Waals surface area (Å²) in [4.78, 5) is 19.9. The number of fused-ring (bicyclic) bond motifs is 3. The quantitative estimate of drug-likeness (QED) is 0.682. The number of benzene rings is 1. The van der Waals surface area contributed by atoms with Crippen LogP contribution in [0.3, 0.4) is 0 Å². The smallest absolute Gasteiger partial charge is 0.262 e. The summed E-state index contributed by atoms with van der Waals surface area (Å²) in [5.74, 6) is 0.805. The van der Waals surface area contributed by atoms with E-state index in [2.05, 4.69) is 4.98 Å². The van der Waals surface area contributed by atoms with Crippen molar-refractivity contribution >= 4 is 21.6 Å². The first-order chi connectivity index (χ1) is 11.8. The average molecular weight is 340 g/mol. The number of ether oxygens (including phenoxy) is 1. The third-order valence-corrected chi connectivity index (χ3v) is 5.88. The first kappa shape index (κ1) is 15.4. The molecule has 0 saturated carbocycles. The molecule has 0 spiro atoms. The maximum Gasteiger partial charge on any atom is 0.262 e. The van der Waals surface area contributed by atoms with Gasteiger partial charge in [-0.1, -0.05) is 18.6 Å². The van der Waals surface area contributed by atoms with Crippen LogP contribution in [-0.4, -0.2) is 16.7 Å². The fourth-order valence-corrected chi connectivity index (χ4v) is 4.66. The molecule has 1 aliphatic rings. The van der Waals surface area contributed by atoms with Gasteiger partial charge in [0.25, 0.3) is 5.56 Å². The molecule has 3 aromatic rings. The van der Waals surface area contributed by atoms with Gasteiger partial charge in [0.1, 0.15) is 10.6 Å². The number of nitrogens with zero attached hydrogens (tertiary/aromatic N) is 2. The third-order valence-electron chi connectivity index (χ3n) is 4.68. The predicted octanol–water partition coefficient (Wildman–Crippen LogP) is 3.78. The molecule has 124 valence electrons. The molecule has 2 aromatic heterocycles. The zero-order chi connectivity index (χ0) is 16.5. The Morgan fingerprint density at radius 1 is 1.25 bits per heavy atom. The van der Waals surface area contributed by atoms with Gasteiger partial charge in [-0.3, -0.25) is 9.36 Å². The Labute approximate surface area is 144 Å². The minimum absolute atomic E-state index is 0.0854. The number of methoxy groups -OCH3 is 1. The van der Waals surface area contributed by atoms with Crippen molar-refractivity contribution in [1.82, 2.24) is 9.55 Å². The Morgan fingerprint density at radius 2 is 2.12 bits per heavy atom. The molecule has 1 aliphatic carbocycles. The fraction of sp³-hybridized carbons (Fsp3) is 0.368. The summed E-state index contributed by atoms with van der Waals surface area (Å²) in [5.41, 5.74) is 2.38. The molecule has 2 heterocycles. The highest BCUT2D eigenvalue weighted by molar-refractivity contribution is 7.18. The Morgan fingerprint density at radius 3 is 3.00 bits per heavy atom. The van der Waals surface area contributed by atoms with Gasteiger partial charge in [0, 0.05) is 4.88 Å². The second-order valence-electron chi connectivity index (χ2n) is 6.27. The van der Waals surface area contributed by atoms with E-state index in [1.165, 1.54) is 29.7 Å².